The Bertz CT molecular complexity index is 1220. The van der Waals surface area contributed by atoms with Crippen LogP contribution in [0.25, 0.3) is 0 Å². The second-order valence-corrected chi connectivity index (χ2v) is 10.5. The number of benzene rings is 2. The standard InChI is InChI=1S/C22H25N5O4S2/c1-16-7-2-3-10-19(16)31-14-20-24-22(26-25-20)32-15-21(28)23-17-8-6-9-18(13-17)33(29,30)27-11-4-5-12-27/h2-3,6-10,13H,4-5,11-12,14-15H2,1H3,(H,23,28)(H,24,25,26). The second kappa shape index (κ2) is 10.4. The van der Waals surface area contributed by atoms with E-state index in [-0.39, 0.29) is 23.2 Å². The summed E-state index contributed by atoms with van der Waals surface area (Å²) in [7, 11) is -3.54. The van der Waals surface area contributed by atoms with Crippen molar-refractivity contribution in [3.05, 3.63) is 59.9 Å². The lowest BCUT2D eigenvalue weighted by atomic mass is 10.2. The Morgan fingerprint density at radius 1 is 1.18 bits per heavy atom. The Balaban J connectivity index is 1.29. The van der Waals surface area contributed by atoms with Crippen LogP contribution in [-0.4, -0.2) is 52.7 Å². The molecule has 1 fully saturated rings. The molecule has 174 valence electrons. The van der Waals surface area contributed by atoms with E-state index in [0.717, 1.165) is 24.2 Å². The van der Waals surface area contributed by atoms with Crippen molar-refractivity contribution in [3.8, 4) is 5.75 Å². The lowest BCUT2D eigenvalue weighted by Crippen LogP contribution is -2.28. The van der Waals surface area contributed by atoms with E-state index in [0.29, 0.717) is 29.8 Å². The van der Waals surface area contributed by atoms with Crippen molar-refractivity contribution in [2.75, 3.05) is 24.2 Å². The van der Waals surface area contributed by atoms with E-state index < -0.39 is 10.0 Å². The van der Waals surface area contributed by atoms with Crippen LogP contribution in [-0.2, 0) is 21.4 Å². The van der Waals surface area contributed by atoms with Crippen LogP contribution in [0, 0.1) is 6.92 Å². The number of hydrogen-bond donors (Lipinski definition) is 2. The molecule has 9 nitrogen and oxygen atoms in total. The lowest BCUT2D eigenvalue weighted by molar-refractivity contribution is -0.113. The molecule has 0 unspecified atom stereocenters. The third-order valence-corrected chi connectivity index (χ3v) is 7.86. The van der Waals surface area contributed by atoms with Crippen molar-refractivity contribution < 1.29 is 17.9 Å². The molecule has 1 aliphatic heterocycles. The number of ether oxygens (including phenoxy) is 1. The van der Waals surface area contributed by atoms with Gasteiger partial charge >= 0.3 is 0 Å². The molecule has 0 aliphatic carbocycles. The zero-order valence-corrected chi connectivity index (χ0v) is 19.8. The van der Waals surface area contributed by atoms with Crippen LogP contribution in [0.2, 0.25) is 0 Å². The zero-order valence-electron chi connectivity index (χ0n) is 18.2. The molecule has 1 aromatic heterocycles. The SMILES string of the molecule is Cc1ccccc1OCc1nc(SCC(=O)Nc2cccc(S(=O)(=O)N3CCCC3)c2)n[nH]1. The predicted molar refractivity (Wildman–Crippen MR) is 126 cm³/mol. The summed E-state index contributed by atoms with van der Waals surface area (Å²) in [6.07, 6.45) is 1.74. The third-order valence-electron chi connectivity index (χ3n) is 5.12. The smallest absolute Gasteiger partial charge is 0.243 e. The monoisotopic (exact) mass is 487 g/mol. The number of nitrogens with zero attached hydrogens (tertiary/aromatic N) is 3. The number of amides is 1. The van der Waals surface area contributed by atoms with E-state index in [4.69, 9.17) is 4.74 Å². The summed E-state index contributed by atoms with van der Waals surface area (Å²) in [5.74, 6) is 1.13. The van der Waals surface area contributed by atoms with E-state index in [1.807, 2.05) is 31.2 Å². The van der Waals surface area contributed by atoms with Crippen LogP contribution in [0.4, 0.5) is 5.69 Å². The van der Waals surface area contributed by atoms with Gasteiger partial charge in [0, 0.05) is 18.8 Å². The van der Waals surface area contributed by atoms with Gasteiger partial charge in [0.2, 0.25) is 21.1 Å². The van der Waals surface area contributed by atoms with Gasteiger partial charge in [0.15, 0.2) is 5.82 Å². The maximum atomic E-state index is 12.7. The molecule has 0 radical (unpaired) electrons. The fourth-order valence-corrected chi connectivity index (χ4v) is 5.59. The van der Waals surface area contributed by atoms with Gasteiger partial charge in [-0.25, -0.2) is 13.4 Å². The number of nitrogens with one attached hydrogen (secondary N) is 2. The first kappa shape index (κ1) is 23.3. The number of H-pyrrole nitrogens is 1. The summed E-state index contributed by atoms with van der Waals surface area (Å²) in [5.41, 5.74) is 1.46. The Labute approximate surface area is 197 Å². The van der Waals surface area contributed by atoms with E-state index in [2.05, 4.69) is 20.5 Å². The summed E-state index contributed by atoms with van der Waals surface area (Å²) in [4.78, 5) is 16.9. The molecule has 11 heteroatoms. The number of rotatable bonds is 9. The van der Waals surface area contributed by atoms with Crippen molar-refractivity contribution in [1.29, 1.82) is 0 Å². The number of aromatic amines is 1. The molecular formula is C22H25N5O4S2. The number of aromatic nitrogens is 3. The largest absolute Gasteiger partial charge is 0.485 e. The first-order valence-corrected chi connectivity index (χ1v) is 13.0. The number of carbonyl (C=O) groups is 1. The van der Waals surface area contributed by atoms with Gasteiger partial charge in [0.05, 0.1) is 10.6 Å². The van der Waals surface area contributed by atoms with E-state index in [9.17, 15) is 13.2 Å². The highest BCUT2D eigenvalue weighted by molar-refractivity contribution is 7.99. The fraction of sp³-hybridized carbons (Fsp3) is 0.318. The van der Waals surface area contributed by atoms with E-state index >= 15 is 0 Å². The molecule has 1 amide bonds. The van der Waals surface area contributed by atoms with Gasteiger partial charge < -0.3 is 10.1 Å². The molecule has 3 aromatic rings. The van der Waals surface area contributed by atoms with Crippen LogP contribution in [0.1, 0.15) is 24.2 Å². The summed E-state index contributed by atoms with van der Waals surface area (Å²) < 4.78 is 32.7. The average Bonchev–Trinajstić information content (AvgIpc) is 3.50. The third kappa shape index (κ3) is 5.92. The fourth-order valence-electron chi connectivity index (χ4n) is 3.41. The number of aryl methyl sites for hydroxylation is 1. The Hall–Kier alpha value is -2.89. The van der Waals surface area contributed by atoms with Gasteiger partial charge in [0.25, 0.3) is 0 Å². The minimum Gasteiger partial charge on any atom is -0.485 e. The molecule has 2 N–H and O–H groups in total. The zero-order chi connectivity index (χ0) is 23.3. The van der Waals surface area contributed by atoms with Crippen LogP contribution in [0.15, 0.2) is 58.6 Å². The number of anilines is 1. The first-order chi connectivity index (χ1) is 15.9. The maximum absolute atomic E-state index is 12.7. The number of carbonyl (C=O) groups excluding carboxylic acids is 1. The number of para-hydroxylation sites is 1. The maximum Gasteiger partial charge on any atom is 0.243 e. The number of hydrogen-bond acceptors (Lipinski definition) is 7. The van der Waals surface area contributed by atoms with Crippen molar-refractivity contribution in [1.82, 2.24) is 19.5 Å². The van der Waals surface area contributed by atoms with Crippen molar-refractivity contribution >= 4 is 33.4 Å². The molecule has 0 bridgehead atoms. The summed E-state index contributed by atoms with van der Waals surface area (Å²) in [6.45, 7) is 3.27. The van der Waals surface area contributed by atoms with E-state index in [1.54, 1.807) is 18.2 Å². The van der Waals surface area contributed by atoms with Crippen LogP contribution in [0.5, 0.6) is 5.75 Å². The molecule has 33 heavy (non-hydrogen) atoms. The molecule has 1 aliphatic rings. The summed E-state index contributed by atoms with van der Waals surface area (Å²) in [6, 6.07) is 14.0. The first-order valence-electron chi connectivity index (χ1n) is 10.5. The molecule has 4 rings (SSSR count). The molecule has 0 saturated carbocycles. The Morgan fingerprint density at radius 2 is 1.97 bits per heavy atom. The Kier molecular flexibility index (Phi) is 7.31. The van der Waals surface area contributed by atoms with Gasteiger partial charge in [-0.1, -0.05) is 36.0 Å². The molecule has 2 aromatic carbocycles. The van der Waals surface area contributed by atoms with Gasteiger partial charge in [-0.3, -0.25) is 9.89 Å². The average molecular weight is 488 g/mol. The highest BCUT2D eigenvalue weighted by Crippen LogP contribution is 2.23. The van der Waals surface area contributed by atoms with Crippen molar-refractivity contribution in [2.24, 2.45) is 0 Å². The predicted octanol–water partition coefficient (Wildman–Crippen LogP) is 3.21. The quantitative estimate of drug-likeness (QED) is 0.445. The van der Waals surface area contributed by atoms with Gasteiger partial charge in [-0.2, -0.15) is 4.31 Å². The minimum atomic E-state index is -3.54. The molecule has 0 atom stereocenters. The van der Waals surface area contributed by atoms with Crippen LogP contribution in [0.3, 0.4) is 0 Å². The molecule has 0 spiro atoms. The van der Waals surface area contributed by atoms with E-state index in [1.165, 1.54) is 22.1 Å². The molecular weight excluding hydrogens is 462 g/mol. The summed E-state index contributed by atoms with van der Waals surface area (Å²) >= 11 is 1.18. The highest BCUT2D eigenvalue weighted by Gasteiger charge is 2.27. The topological polar surface area (TPSA) is 117 Å². The Morgan fingerprint density at radius 3 is 2.76 bits per heavy atom. The van der Waals surface area contributed by atoms with Gasteiger partial charge in [-0.15, -0.1) is 5.10 Å². The lowest BCUT2D eigenvalue weighted by Gasteiger charge is -2.16. The minimum absolute atomic E-state index is 0.0824. The van der Waals surface area contributed by atoms with Gasteiger partial charge in [0.1, 0.15) is 12.4 Å². The van der Waals surface area contributed by atoms with Crippen molar-refractivity contribution in [2.45, 2.75) is 36.4 Å². The van der Waals surface area contributed by atoms with Crippen molar-refractivity contribution in [3.63, 3.8) is 0 Å². The second-order valence-electron chi connectivity index (χ2n) is 7.59. The van der Waals surface area contributed by atoms with Gasteiger partial charge in [-0.05, 0) is 49.6 Å². The summed E-state index contributed by atoms with van der Waals surface area (Å²) in [5, 5.41) is 10.1. The normalized spacial score (nSPS) is 14.3. The molecule has 2 heterocycles. The molecule has 1 saturated heterocycles. The number of sulfonamides is 1. The van der Waals surface area contributed by atoms with Crippen LogP contribution >= 0.6 is 11.8 Å². The highest BCUT2D eigenvalue weighted by atomic mass is 32.2. The van der Waals surface area contributed by atoms with Crippen LogP contribution < -0.4 is 10.1 Å². The number of thioether (sulfide) groups is 1.